The largest absolute Gasteiger partial charge is 0.455 e. The number of furan rings is 1. The van der Waals surface area contributed by atoms with Crippen molar-refractivity contribution in [3.8, 4) is 0 Å². The molecule has 0 bridgehead atoms. The highest BCUT2D eigenvalue weighted by atomic mass is 16.3. The van der Waals surface area contributed by atoms with Crippen molar-refractivity contribution in [3.63, 3.8) is 0 Å². The highest BCUT2D eigenvalue weighted by Gasteiger charge is 2.18. The van der Waals surface area contributed by atoms with E-state index in [1.807, 2.05) is 30.3 Å². The molecule has 24 heavy (non-hydrogen) atoms. The van der Waals surface area contributed by atoms with Gasteiger partial charge in [-0.05, 0) is 23.6 Å². The molecular formula is C20H10N2O2. The highest BCUT2D eigenvalue weighted by molar-refractivity contribution is 6.29. The van der Waals surface area contributed by atoms with Gasteiger partial charge in [-0.2, -0.15) is 0 Å². The van der Waals surface area contributed by atoms with E-state index in [9.17, 15) is 0 Å². The summed E-state index contributed by atoms with van der Waals surface area (Å²) in [6.07, 6.45) is 3.27. The van der Waals surface area contributed by atoms with Crippen molar-refractivity contribution in [1.82, 2.24) is 9.97 Å². The summed E-state index contributed by atoms with van der Waals surface area (Å²) in [7, 11) is 0. The Morgan fingerprint density at radius 2 is 1.62 bits per heavy atom. The van der Waals surface area contributed by atoms with Gasteiger partial charge in [0, 0.05) is 16.2 Å². The van der Waals surface area contributed by atoms with Gasteiger partial charge < -0.3 is 8.83 Å². The lowest BCUT2D eigenvalue weighted by Gasteiger charge is -2.01. The molecule has 0 amide bonds. The van der Waals surface area contributed by atoms with E-state index in [4.69, 9.17) is 8.83 Å². The summed E-state index contributed by atoms with van der Waals surface area (Å²) >= 11 is 0. The van der Waals surface area contributed by atoms with Crippen LogP contribution in [0.5, 0.6) is 0 Å². The second-order valence-corrected chi connectivity index (χ2v) is 5.92. The monoisotopic (exact) mass is 310 g/mol. The number of fused-ring (bicyclic) bond motifs is 4. The molecule has 112 valence electrons. The Hall–Kier alpha value is -3.40. The molecule has 3 aromatic carbocycles. The second-order valence-electron chi connectivity index (χ2n) is 5.92. The van der Waals surface area contributed by atoms with Gasteiger partial charge in [0.15, 0.2) is 5.58 Å². The number of hydrogen-bond acceptors (Lipinski definition) is 4. The first kappa shape index (κ1) is 12.1. The summed E-state index contributed by atoms with van der Waals surface area (Å²) in [5.41, 5.74) is 3.93. The molecule has 0 aliphatic carbocycles. The van der Waals surface area contributed by atoms with E-state index in [1.54, 1.807) is 12.5 Å². The van der Waals surface area contributed by atoms with Crippen molar-refractivity contribution in [1.29, 1.82) is 0 Å². The average molecular weight is 310 g/mol. The van der Waals surface area contributed by atoms with Crippen LogP contribution in [0.2, 0.25) is 0 Å². The number of benzene rings is 3. The molecule has 0 N–H and O–H groups in total. The highest BCUT2D eigenvalue weighted by Crippen LogP contribution is 2.41. The Kier molecular flexibility index (Phi) is 2.07. The van der Waals surface area contributed by atoms with Crippen LogP contribution in [0.1, 0.15) is 0 Å². The molecule has 0 aliphatic heterocycles. The summed E-state index contributed by atoms with van der Waals surface area (Å²) in [5.74, 6) is 0. The zero-order valence-corrected chi connectivity index (χ0v) is 12.5. The lowest BCUT2D eigenvalue weighted by molar-refractivity contribution is 0.655. The fraction of sp³-hybridized carbons (Fsp3) is 0. The molecule has 0 saturated heterocycles. The van der Waals surface area contributed by atoms with E-state index in [-0.39, 0.29) is 0 Å². The summed E-state index contributed by atoms with van der Waals surface area (Å²) in [4.78, 5) is 8.60. The number of rotatable bonds is 0. The minimum absolute atomic E-state index is 0.665. The van der Waals surface area contributed by atoms with Crippen LogP contribution in [0.15, 0.2) is 69.9 Å². The maximum Gasteiger partial charge on any atom is 0.172 e. The average Bonchev–Trinajstić information content (AvgIpc) is 2.95. The van der Waals surface area contributed by atoms with Crippen molar-refractivity contribution in [2.24, 2.45) is 0 Å². The van der Waals surface area contributed by atoms with Gasteiger partial charge in [0.05, 0.1) is 11.6 Å². The quantitative estimate of drug-likeness (QED) is 0.375. The Labute approximate surface area is 135 Å². The molecule has 0 unspecified atom stereocenters. The number of hydrogen-bond donors (Lipinski definition) is 0. The van der Waals surface area contributed by atoms with Crippen LogP contribution >= 0.6 is 0 Å². The lowest BCUT2D eigenvalue weighted by Crippen LogP contribution is -1.81. The summed E-state index contributed by atoms with van der Waals surface area (Å²) < 4.78 is 12.3. The smallest absolute Gasteiger partial charge is 0.172 e. The standard InChI is InChI=1S/C20H10N2O2/c1-2-5-12-11(4-1)8-13-17-18-14(6-3-7-15(18)24-20(12)17)23-16-9-21-10-22-19(13)16/h1-10H. The zero-order valence-electron chi connectivity index (χ0n) is 12.5. The van der Waals surface area contributed by atoms with Gasteiger partial charge in [0.1, 0.15) is 28.6 Å². The van der Waals surface area contributed by atoms with E-state index in [0.29, 0.717) is 5.58 Å². The van der Waals surface area contributed by atoms with Crippen LogP contribution in [-0.2, 0) is 0 Å². The van der Waals surface area contributed by atoms with Crippen molar-refractivity contribution in [2.75, 3.05) is 0 Å². The fourth-order valence-electron chi connectivity index (χ4n) is 3.61. The first-order valence-corrected chi connectivity index (χ1v) is 7.75. The molecule has 0 aliphatic rings. The fourth-order valence-corrected chi connectivity index (χ4v) is 3.61. The third-order valence-electron chi connectivity index (χ3n) is 4.61. The molecule has 3 heterocycles. The maximum absolute atomic E-state index is 6.21. The molecule has 0 saturated carbocycles. The van der Waals surface area contributed by atoms with Gasteiger partial charge in [-0.3, -0.25) is 0 Å². The van der Waals surface area contributed by atoms with Gasteiger partial charge in [-0.25, -0.2) is 9.97 Å². The van der Waals surface area contributed by atoms with Crippen molar-refractivity contribution < 1.29 is 8.83 Å². The lowest BCUT2D eigenvalue weighted by atomic mass is 10.0. The van der Waals surface area contributed by atoms with E-state index < -0.39 is 0 Å². The number of aromatic nitrogens is 2. The molecule has 4 heteroatoms. The van der Waals surface area contributed by atoms with E-state index in [0.717, 1.165) is 49.2 Å². The first-order chi connectivity index (χ1) is 11.9. The summed E-state index contributed by atoms with van der Waals surface area (Å²) in [5, 5.41) is 5.27. The van der Waals surface area contributed by atoms with Crippen molar-refractivity contribution in [3.05, 3.63) is 61.1 Å². The van der Waals surface area contributed by atoms with Gasteiger partial charge in [-0.15, -0.1) is 0 Å². The van der Waals surface area contributed by atoms with Crippen molar-refractivity contribution in [2.45, 2.75) is 0 Å². The first-order valence-electron chi connectivity index (χ1n) is 7.75. The molecular weight excluding hydrogens is 300 g/mol. The Balaban J connectivity index is 2.13. The normalized spacial score (nSPS) is 12.2. The second kappa shape index (κ2) is 4.11. The third-order valence-corrected chi connectivity index (χ3v) is 4.61. The Bertz CT molecular complexity index is 1410. The van der Waals surface area contributed by atoms with Gasteiger partial charge >= 0.3 is 0 Å². The third kappa shape index (κ3) is 1.38. The van der Waals surface area contributed by atoms with Gasteiger partial charge in [0.25, 0.3) is 0 Å². The van der Waals surface area contributed by atoms with Crippen LogP contribution < -0.4 is 0 Å². The molecule has 6 rings (SSSR count). The van der Waals surface area contributed by atoms with Crippen LogP contribution in [0, 0.1) is 0 Å². The van der Waals surface area contributed by atoms with Crippen LogP contribution in [0.4, 0.5) is 0 Å². The topological polar surface area (TPSA) is 52.1 Å². The maximum atomic E-state index is 6.21. The van der Waals surface area contributed by atoms with Gasteiger partial charge in [0.2, 0.25) is 0 Å². The van der Waals surface area contributed by atoms with Gasteiger partial charge in [-0.1, -0.05) is 30.3 Å². The van der Waals surface area contributed by atoms with Crippen LogP contribution in [-0.4, -0.2) is 9.97 Å². The molecule has 0 atom stereocenters. The molecule has 0 spiro atoms. The van der Waals surface area contributed by atoms with Crippen LogP contribution in [0.25, 0.3) is 54.8 Å². The molecule has 4 nitrogen and oxygen atoms in total. The van der Waals surface area contributed by atoms with Crippen LogP contribution in [0.3, 0.4) is 0 Å². The molecule has 3 aromatic heterocycles. The van der Waals surface area contributed by atoms with E-state index in [2.05, 4.69) is 28.2 Å². The molecule has 0 radical (unpaired) electrons. The van der Waals surface area contributed by atoms with E-state index in [1.165, 1.54) is 0 Å². The molecule has 0 fully saturated rings. The SMILES string of the molecule is c1ccc2c(c1)cc1c3ncncc3oc3cccc4oc2c1c34. The zero-order chi connectivity index (χ0) is 15.7. The summed E-state index contributed by atoms with van der Waals surface area (Å²) in [6, 6.07) is 16.3. The predicted octanol–water partition coefficient (Wildman–Crippen LogP) is 5.43. The Morgan fingerprint density at radius 3 is 2.58 bits per heavy atom. The minimum Gasteiger partial charge on any atom is -0.455 e. The Morgan fingerprint density at radius 1 is 0.750 bits per heavy atom. The number of nitrogens with zero attached hydrogens (tertiary/aromatic N) is 2. The van der Waals surface area contributed by atoms with E-state index >= 15 is 0 Å². The minimum atomic E-state index is 0.665. The molecule has 6 aromatic rings. The predicted molar refractivity (Wildman–Crippen MR) is 94.1 cm³/mol. The van der Waals surface area contributed by atoms with Crippen molar-refractivity contribution >= 4 is 54.8 Å². The summed E-state index contributed by atoms with van der Waals surface area (Å²) in [6.45, 7) is 0.